The van der Waals surface area contributed by atoms with E-state index in [1.165, 1.54) is 25.9 Å². The van der Waals surface area contributed by atoms with E-state index in [-0.39, 0.29) is 0 Å². The third-order valence-electron chi connectivity index (χ3n) is 3.83. The summed E-state index contributed by atoms with van der Waals surface area (Å²) in [6.07, 6.45) is 2.63. The Morgan fingerprint density at radius 3 is 2.79 bits per heavy atom. The number of para-hydroxylation sites is 1. The highest BCUT2D eigenvalue weighted by atomic mass is 16.5. The maximum atomic E-state index is 6.04. The molecule has 0 saturated carbocycles. The van der Waals surface area contributed by atoms with E-state index < -0.39 is 0 Å². The molecule has 1 saturated heterocycles. The average Bonchev–Trinajstić information content (AvgIpc) is 3.03. The van der Waals surface area contributed by atoms with Gasteiger partial charge in [0.05, 0.1) is 12.6 Å². The van der Waals surface area contributed by atoms with Crippen LogP contribution in [0.4, 0.5) is 5.95 Å². The SMILES string of the molecule is COc1cccc2c1nc(N)n2CCN1CCCC1. The number of aromatic nitrogens is 2. The zero-order chi connectivity index (χ0) is 13.2. The monoisotopic (exact) mass is 260 g/mol. The number of imidazole rings is 1. The third-order valence-corrected chi connectivity index (χ3v) is 3.83. The number of likely N-dealkylation sites (tertiary alicyclic amines) is 1. The van der Waals surface area contributed by atoms with Crippen LogP contribution in [0.1, 0.15) is 12.8 Å². The minimum Gasteiger partial charge on any atom is -0.494 e. The first-order valence-electron chi connectivity index (χ1n) is 6.80. The molecule has 1 aromatic heterocycles. The van der Waals surface area contributed by atoms with Gasteiger partial charge in [0, 0.05) is 13.1 Å². The molecule has 0 radical (unpaired) electrons. The fourth-order valence-electron chi connectivity index (χ4n) is 2.79. The Labute approximate surface area is 113 Å². The second-order valence-electron chi connectivity index (χ2n) is 5.00. The third kappa shape index (κ3) is 2.26. The van der Waals surface area contributed by atoms with E-state index >= 15 is 0 Å². The van der Waals surface area contributed by atoms with Crippen LogP contribution in [0, 0.1) is 0 Å². The summed E-state index contributed by atoms with van der Waals surface area (Å²) in [6, 6.07) is 5.94. The number of anilines is 1. The minimum atomic E-state index is 0.568. The van der Waals surface area contributed by atoms with Gasteiger partial charge in [0.2, 0.25) is 5.95 Å². The summed E-state index contributed by atoms with van der Waals surface area (Å²) >= 11 is 0. The predicted octanol–water partition coefficient (Wildman–Crippen LogP) is 1.72. The fraction of sp³-hybridized carbons (Fsp3) is 0.500. The van der Waals surface area contributed by atoms with Crippen molar-refractivity contribution in [3.8, 4) is 5.75 Å². The number of nitrogens with zero attached hydrogens (tertiary/aromatic N) is 3. The lowest BCUT2D eigenvalue weighted by Crippen LogP contribution is -2.24. The first-order valence-corrected chi connectivity index (χ1v) is 6.80. The first-order chi connectivity index (χ1) is 9.29. The summed E-state index contributed by atoms with van der Waals surface area (Å²) < 4.78 is 7.41. The van der Waals surface area contributed by atoms with Crippen LogP contribution in [0.3, 0.4) is 0 Å². The van der Waals surface area contributed by atoms with Crippen LogP contribution in [-0.4, -0.2) is 41.2 Å². The van der Waals surface area contributed by atoms with Gasteiger partial charge in [0.15, 0.2) is 0 Å². The number of methoxy groups -OCH3 is 1. The Morgan fingerprint density at radius 1 is 1.26 bits per heavy atom. The van der Waals surface area contributed by atoms with Gasteiger partial charge >= 0.3 is 0 Å². The van der Waals surface area contributed by atoms with E-state index in [4.69, 9.17) is 10.5 Å². The van der Waals surface area contributed by atoms with Crippen molar-refractivity contribution in [3.05, 3.63) is 18.2 Å². The van der Waals surface area contributed by atoms with Gasteiger partial charge in [-0.25, -0.2) is 4.98 Å². The summed E-state index contributed by atoms with van der Waals surface area (Å²) in [5, 5.41) is 0. The van der Waals surface area contributed by atoms with Gasteiger partial charge in [0.1, 0.15) is 11.3 Å². The summed E-state index contributed by atoms with van der Waals surface area (Å²) in [5.41, 5.74) is 7.94. The standard InChI is InChI=1S/C14H20N4O/c1-19-12-6-4-5-11-13(12)16-14(15)18(11)10-9-17-7-2-3-8-17/h4-6H,2-3,7-10H2,1H3,(H2,15,16). The van der Waals surface area contributed by atoms with Gasteiger partial charge in [-0.3, -0.25) is 0 Å². The van der Waals surface area contributed by atoms with Crippen LogP contribution >= 0.6 is 0 Å². The summed E-state index contributed by atoms with van der Waals surface area (Å²) in [5.74, 6) is 1.35. The number of hydrogen-bond donors (Lipinski definition) is 1. The van der Waals surface area contributed by atoms with Crippen molar-refractivity contribution in [3.63, 3.8) is 0 Å². The number of nitrogens with two attached hydrogens (primary N) is 1. The Morgan fingerprint density at radius 2 is 2.05 bits per heavy atom. The minimum absolute atomic E-state index is 0.568. The normalized spacial score (nSPS) is 16.3. The molecule has 102 valence electrons. The molecule has 1 fully saturated rings. The Balaban J connectivity index is 1.87. The van der Waals surface area contributed by atoms with E-state index in [1.807, 2.05) is 18.2 Å². The Hall–Kier alpha value is -1.75. The van der Waals surface area contributed by atoms with E-state index in [2.05, 4.69) is 14.5 Å². The molecule has 5 nitrogen and oxygen atoms in total. The van der Waals surface area contributed by atoms with Crippen LogP contribution < -0.4 is 10.5 Å². The number of nitrogen functional groups attached to an aromatic ring is 1. The largest absolute Gasteiger partial charge is 0.494 e. The molecule has 2 aromatic rings. The van der Waals surface area contributed by atoms with Gasteiger partial charge < -0.3 is 19.9 Å². The maximum Gasteiger partial charge on any atom is 0.201 e. The number of fused-ring (bicyclic) bond motifs is 1. The molecule has 5 heteroatoms. The summed E-state index contributed by atoms with van der Waals surface area (Å²) in [4.78, 5) is 6.90. The number of ether oxygens (including phenoxy) is 1. The molecule has 3 rings (SSSR count). The zero-order valence-electron chi connectivity index (χ0n) is 11.3. The second-order valence-corrected chi connectivity index (χ2v) is 5.00. The van der Waals surface area contributed by atoms with E-state index in [1.54, 1.807) is 7.11 Å². The smallest absolute Gasteiger partial charge is 0.201 e. The number of benzene rings is 1. The van der Waals surface area contributed by atoms with Crippen LogP contribution in [0.25, 0.3) is 11.0 Å². The quantitative estimate of drug-likeness (QED) is 0.909. The summed E-state index contributed by atoms with van der Waals surface area (Å²) in [6.45, 7) is 4.33. The van der Waals surface area contributed by atoms with Gasteiger partial charge in [-0.1, -0.05) is 6.07 Å². The number of rotatable bonds is 4. The molecule has 0 unspecified atom stereocenters. The van der Waals surface area contributed by atoms with Gasteiger partial charge in [-0.2, -0.15) is 0 Å². The average molecular weight is 260 g/mol. The zero-order valence-corrected chi connectivity index (χ0v) is 11.3. The molecule has 1 aromatic carbocycles. The maximum absolute atomic E-state index is 6.04. The lowest BCUT2D eigenvalue weighted by molar-refractivity contribution is 0.325. The van der Waals surface area contributed by atoms with Crippen molar-refractivity contribution in [1.82, 2.24) is 14.5 Å². The van der Waals surface area contributed by atoms with Crippen molar-refractivity contribution < 1.29 is 4.74 Å². The van der Waals surface area contributed by atoms with E-state index in [9.17, 15) is 0 Å². The molecule has 0 bridgehead atoms. The van der Waals surface area contributed by atoms with Crippen LogP contribution in [0.15, 0.2) is 18.2 Å². The van der Waals surface area contributed by atoms with Crippen molar-refractivity contribution in [2.24, 2.45) is 0 Å². The van der Waals surface area contributed by atoms with Crippen molar-refractivity contribution >= 4 is 17.0 Å². The molecule has 2 heterocycles. The highest BCUT2D eigenvalue weighted by Gasteiger charge is 2.15. The molecule has 1 aliphatic heterocycles. The molecule has 19 heavy (non-hydrogen) atoms. The molecule has 1 aliphatic rings. The van der Waals surface area contributed by atoms with Crippen LogP contribution in [-0.2, 0) is 6.54 Å². The molecule has 0 aliphatic carbocycles. The molecule has 0 atom stereocenters. The topological polar surface area (TPSA) is 56.3 Å². The van der Waals surface area contributed by atoms with Crippen LogP contribution in [0.2, 0.25) is 0 Å². The molecular formula is C14H20N4O. The first kappa shape index (κ1) is 12.3. The van der Waals surface area contributed by atoms with Crippen molar-refractivity contribution in [2.45, 2.75) is 19.4 Å². The van der Waals surface area contributed by atoms with Crippen molar-refractivity contribution in [2.75, 3.05) is 32.5 Å². The Bertz CT molecular complexity index is 572. The van der Waals surface area contributed by atoms with Gasteiger partial charge in [0.25, 0.3) is 0 Å². The summed E-state index contributed by atoms with van der Waals surface area (Å²) in [7, 11) is 1.66. The lowest BCUT2D eigenvalue weighted by atomic mass is 10.3. The van der Waals surface area contributed by atoms with Crippen molar-refractivity contribution in [1.29, 1.82) is 0 Å². The Kier molecular flexibility index (Phi) is 3.29. The highest BCUT2D eigenvalue weighted by molar-refractivity contribution is 5.84. The second kappa shape index (κ2) is 5.09. The fourth-order valence-corrected chi connectivity index (χ4v) is 2.79. The molecule has 0 spiro atoms. The van der Waals surface area contributed by atoms with Gasteiger partial charge in [-0.05, 0) is 38.1 Å². The van der Waals surface area contributed by atoms with Gasteiger partial charge in [-0.15, -0.1) is 0 Å². The molecule has 2 N–H and O–H groups in total. The molecular weight excluding hydrogens is 240 g/mol. The molecule has 0 amide bonds. The number of hydrogen-bond acceptors (Lipinski definition) is 4. The van der Waals surface area contributed by atoms with E-state index in [0.29, 0.717) is 5.95 Å². The highest BCUT2D eigenvalue weighted by Crippen LogP contribution is 2.26. The lowest BCUT2D eigenvalue weighted by Gasteiger charge is -2.15. The predicted molar refractivity (Wildman–Crippen MR) is 76.4 cm³/mol. The van der Waals surface area contributed by atoms with Crippen LogP contribution in [0.5, 0.6) is 5.75 Å². The van der Waals surface area contributed by atoms with E-state index in [0.717, 1.165) is 29.9 Å².